The third kappa shape index (κ3) is 5.79. The Morgan fingerprint density at radius 2 is 2.11 bits per heavy atom. The topological polar surface area (TPSA) is 21.3 Å². The van der Waals surface area contributed by atoms with Crippen LogP contribution in [-0.4, -0.2) is 19.5 Å². The summed E-state index contributed by atoms with van der Waals surface area (Å²) in [7, 11) is 1.47. The van der Waals surface area contributed by atoms with Crippen LogP contribution < -0.4 is 10.1 Å². The summed E-state index contributed by atoms with van der Waals surface area (Å²) >= 11 is 5.71. The van der Waals surface area contributed by atoms with Crippen LogP contribution in [0.4, 0.5) is 4.39 Å². The quantitative estimate of drug-likeness (QED) is 0.731. The number of benzene rings is 1. The molecular formula is C15H23ClFNO. The monoisotopic (exact) mass is 287 g/mol. The van der Waals surface area contributed by atoms with Crippen molar-refractivity contribution in [2.75, 3.05) is 19.5 Å². The molecule has 0 saturated heterocycles. The second-order valence-electron chi connectivity index (χ2n) is 5.53. The molecule has 0 radical (unpaired) electrons. The van der Waals surface area contributed by atoms with Crippen molar-refractivity contribution in [1.29, 1.82) is 0 Å². The van der Waals surface area contributed by atoms with Crippen molar-refractivity contribution in [3.63, 3.8) is 0 Å². The molecule has 0 heterocycles. The van der Waals surface area contributed by atoms with Crippen molar-refractivity contribution in [3.05, 3.63) is 29.6 Å². The van der Waals surface area contributed by atoms with Crippen molar-refractivity contribution in [2.24, 2.45) is 5.41 Å². The van der Waals surface area contributed by atoms with Gasteiger partial charge in [0.05, 0.1) is 7.11 Å². The van der Waals surface area contributed by atoms with E-state index in [0.717, 1.165) is 24.9 Å². The number of hydrogen-bond donors (Lipinski definition) is 1. The Morgan fingerprint density at radius 1 is 1.37 bits per heavy atom. The Labute approximate surface area is 120 Å². The Morgan fingerprint density at radius 3 is 2.68 bits per heavy atom. The van der Waals surface area contributed by atoms with Gasteiger partial charge in [-0.25, -0.2) is 4.39 Å². The average molecular weight is 288 g/mol. The summed E-state index contributed by atoms with van der Waals surface area (Å²) in [4.78, 5) is 0. The standard InChI is InChI=1S/C15H23ClFNO/c1-15(2,7-4-8-16)11-18-10-12-5-6-14(19-3)13(17)9-12/h5-6,9,18H,4,7-8,10-11H2,1-3H3. The van der Waals surface area contributed by atoms with Crippen molar-refractivity contribution in [3.8, 4) is 5.75 Å². The summed E-state index contributed by atoms with van der Waals surface area (Å²) in [5, 5.41) is 3.36. The van der Waals surface area contributed by atoms with Crippen LogP contribution in [-0.2, 0) is 6.54 Å². The zero-order valence-corrected chi connectivity index (χ0v) is 12.7. The molecule has 1 N–H and O–H groups in total. The molecule has 2 nitrogen and oxygen atoms in total. The van der Waals surface area contributed by atoms with Crippen molar-refractivity contribution in [2.45, 2.75) is 33.2 Å². The highest BCUT2D eigenvalue weighted by Gasteiger charge is 2.16. The molecule has 0 unspecified atom stereocenters. The van der Waals surface area contributed by atoms with Gasteiger partial charge in [0, 0.05) is 19.0 Å². The predicted octanol–water partition coefficient (Wildman–Crippen LogP) is 3.97. The molecule has 0 saturated carbocycles. The van der Waals surface area contributed by atoms with E-state index < -0.39 is 0 Å². The molecule has 19 heavy (non-hydrogen) atoms. The van der Waals surface area contributed by atoms with Crippen LogP contribution in [0, 0.1) is 11.2 Å². The third-order valence-corrected chi connectivity index (χ3v) is 3.40. The van der Waals surface area contributed by atoms with E-state index in [0.29, 0.717) is 12.4 Å². The largest absolute Gasteiger partial charge is 0.494 e. The molecular weight excluding hydrogens is 265 g/mol. The normalized spacial score (nSPS) is 11.6. The first-order chi connectivity index (χ1) is 8.98. The number of nitrogens with one attached hydrogen (secondary N) is 1. The SMILES string of the molecule is COc1ccc(CNCC(C)(C)CCCCl)cc1F. The van der Waals surface area contributed by atoms with Gasteiger partial charge in [0.1, 0.15) is 0 Å². The molecule has 0 spiro atoms. The van der Waals surface area contributed by atoms with E-state index >= 15 is 0 Å². The van der Waals surface area contributed by atoms with Crippen molar-refractivity contribution < 1.29 is 9.13 Å². The molecule has 0 aliphatic heterocycles. The molecule has 0 aromatic heterocycles. The van der Waals surface area contributed by atoms with E-state index in [4.69, 9.17) is 16.3 Å². The average Bonchev–Trinajstić information content (AvgIpc) is 2.36. The zero-order chi connectivity index (χ0) is 14.3. The van der Waals surface area contributed by atoms with Crippen LogP contribution in [0.25, 0.3) is 0 Å². The highest BCUT2D eigenvalue weighted by atomic mass is 35.5. The first-order valence-electron chi connectivity index (χ1n) is 6.57. The van der Waals surface area contributed by atoms with E-state index in [1.165, 1.54) is 13.2 Å². The smallest absolute Gasteiger partial charge is 0.165 e. The van der Waals surface area contributed by atoms with Gasteiger partial charge in [-0.3, -0.25) is 0 Å². The second-order valence-corrected chi connectivity index (χ2v) is 5.91. The minimum atomic E-state index is -0.316. The molecule has 1 rings (SSSR count). The third-order valence-electron chi connectivity index (χ3n) is 3.14. The van der Waals surface area contributed by atoms with Crippen LogP contribution in [0.1, 0.15) is 32.3 Å². The number of rotatable bonds is 8. The van der Waals surface area contributed by atoms with Gasteiger partial charge in [-0.15, -0.1) is 11.6 Å². The van der Waals surface area contributed by atoms with Gasteiger partial charge in [0.25, 0.3) is 0 Å². The van der Waals surface area contributed by atoms with Crippen LogP contribution in [0.5, 0.6) is 5.75 Å². The number of hydrogen-bond acceptors (Lipinski definition) is 2. The Balaban J connectivity index is 2.42. The molecule has 0 amide bonds. The number of alkyl halides is 1. The van der Waals surface area contributed by atoms with Gasteiger partial charge in [-0.1, -0.05) is 19.9 Å². The first-order valence-corrected chi connectivity index (χ1v) is 7.11. The molecule has 4 heteroatoms. The highest BCUT2D eigenvalue weighted by Crippen LogP contribution is 2.22. The second kappa shape index (κ2) is 7.71. The zero-order valence-electron chi connectivity index (χ0n) is 11.9. The molecule has 108 valence electrons. The lowest BCUT2D eigenvalue weighted by molar-refractivity contribution is 0.311. The van der Waals surface area contributed by atoms with E-state index in [1.54, 1.807) is 6.07 Å². The molecule has 0 atom stereocenters. The van der Waals surface area contributed by atoms with Crippen molar-refractivity contribution >= 4 is 11.6 Å². The molecule has 0 bridgehead atoms. The minimum absolute atomic E-state index is 0.208. The van der Waals surface area contributed by atoms with E-state index in [1.807, 2.05) is 6.07 Å². The lowest BCUT2D eigenvalue weighted by Gasteiger charge is -2.24. The number of methoxy groups -OCH3 is 1. The van der Waals surface area contributed by atoms with Crippen LogP contribution in [0.15, 0.2) is 18.2 Å². The first kappa shape index (κ1) is 16.3. The maximum absolute atomic E-state index is 13.5. The van der Waals surface area contributed by atoms with Crippen LogP contribution >= 0.6 is 11.6 Å². The van der Waals surface area contributed by atoms with Crippen LogP contribution in [0.2, 0.25) is 0 Å². The minimum Gasteiger partial charge on any atom is -0.494 e. The fraction of sp³-hybridized carbons (Fsp3) is 0.600. The number of ether oxygens (including phenoxy) is 1. The molecule has 0 aliphatic carbocycles. The summed E-state index contributed by atoms with van der Waals surface area (Å²) in [6.07, 6.45) is 2.11. The van der Waals surface area contributed by atoms with Crippen molar-refractivity contribution in [1.82, 2.24) is 5.32 Å². The Hall–Kier alpha value is -0.800. The molecule has 1 aromatic carbocycles. The lowest BCUT2D eigenvalue weighted by Crippen LogP contribution is -2.29. The maximum atomic E-state index is 13.5. The fourth-order valence-corrected chi connectivity index (χ4v) is 2.13. The predicted molar refractivity (Wildman–Crippen MR) is 78.4 cm³/mol. The van der Waals surface area contributed by atoms with Gasteiger partial charge in [0.2, 0.25) is 0 Å². The van der Waals surface area contributed by atoms with E-state index in [2.05, 4.69) is 19.2 Å². The summed E-state index contributed by atoms with van der Waals surface area (Å²) in [6, 6.07) is 5.04. The summed E-state index contributed by atoms with van der Waals surface area (Å²) in [6.45, 7) is 5.96. The lowest BCUT2D eigenvalue weighted by atomic mass is 9.88. The molecule has 1 aromatic rings. The Bertz CT molecular complexity index is 396. The number of halogens is 2. The van der Waals surface area contributed by atoms with Gasteiger partial charge in [-0.2, -0.15) is 0 Å². The summed E-state index contributed by atoms with van der Waals surface area (Å²) in [5.74, 6) is 0.669. The summed E-state index contributed by atoms with van der Waals surface area (Å²) in [5.41, 5.74) is 1.13. The fourth-order valence-electron chi connectivity index (χ4n) is 2.00. The van der Waals surface area contributed by atoms with Gasteiger partial charge < -0.3 is 10.1 Å². The highest BCUT2D eigenvalue weighted by molar-refractivity contribution is 6.17. The Kier molecular flexibility index (Phi) is 6.59. The summed E-state index contributed by atoms with van der Waals surface area (Å²) < 4.78 is 18.4. The van der Waals surface area contributed by atoms with Crippen LogP contribution in [0.3, 0.4) is 0 Å². The van der Waals surface area contributed by atoms with Gasteiger partial charge in [0.15, 0.2) is 11.6 Å². The molecule has 0 fully saturated rings. The van der Waals surface area contributed by atoms with E-state index in [-0.39, 0.29) is 17.0 Å². The maximum Gasteiger partial charge on any atom is 0.165 e. The van der Waals surface area contributed by atoms with Gasteiger partial charge in [-0.05, 0) is 36.0 Å². The van der Waals surface area contributed by atoms with Gasteiger partial charge >= 0.3 is 0 Å². The van der Waals surface area contributed by atoms with E-state index in [9.17, 15) is 4.39 Å². The molecule has 0 aliphatic rings.